The van der Waals surface area contributed by atoms with Crippen LogP contribution in [0.1, 0.15) is 12.8 Å². The van der Waals surface area contributed by atoms with Gasteiger partial charge in [-0.15, -0.1) is 0 Å². The van der Waals surface area contributed by atoms with Crippen LogP contribution >= 0.6 is 11.6 Å². The predicted molar refractivity (Wildman–Crippen MR) is 96.9 cm³/mol. The molecule has 0 aromatic heterocycles. The monoisotopic (exact) mass is 365 g/mol. The maximum absolute atomic E-state index is 12.7. The fraction of sp³-hybridized carbons (Fsp3) is 0.556. The normalized spacial score (nSPS) is 19.0. The Kier molecular flexibility index (Phi) is 5.68. The van der Waals surface area contributed by atoms with E-state index in [1.807, 2.05) is 29.2 Å². The topological polar surface area (TPSA) is 53.1 Å². The van der Waals surface area contributed by atoms with Crippen LogP contribution in [0.4, 0.5) is 10.5 Å². The Morgan fingerprint density at radius 1 is 1.04 bits per heavy atom. The molecule has 1 aromatic rings. The molecular weight excluding hydrogens is 342 g/mol. The van der Waals surface area contributed by atoms with E-state index in [9.17, 15) is 9.59 Å². The Balaban J connectivity index is 1.50. The maximum atomic E-state index is 12.7. The molecule has 0 atom stereocenters. The summed E-state index contributed by atoms with van der Waals surface area (Å²) in [6, 6.07) is 7.82. The summed E-state index contributed by atoms with van der Waals surface area (Å²) in [6.45, 7) is 4.25. The largest absolute Gasteiger partial charge is 0.453 e. The van der Waals surface area contributed by atoms with Crippen molar-refractivity contribution >= 4 is 29.3 Å². The summed E-state index contributed by atoms with van der Waals surface area (Å²) >= 11 is 6.06. The lowest BCUT2D eigenvalue weighted by Gasteiger charge is -2.39. The molecule has 0 bridgehead atoms. The third-order valence-electron chi connectivity index (χ3n) is 5.04. The lowest BCUT2D eigenvalue weighted by Crippen LogP contribution is -2.52. The Morgan fingerprint density at radius 2 is 1.72 bits per heavy atom. The van der Waals surface area contributed by atoms with E-state index in [1.165, 1.54) is 7.11 Å². The third-order valence-corrected chi connectivity index (χ3v) is 5.28. The minimum atomic E-state index is -0.305. The van der Waals surface area contributed by atoms with Gasteiger partial charge in [0, 0.05) is 55.9 Å². The van der Waals surface area contributed by atoms with Crippen molar-refractivity contribution in [1.82, 2.24) is 9.80 Å². The minimum absolute atomic E-state index is 0.0126. The number of nitrogens with zero attached hydrogens (tertiary/aromatic N) is 3. The number of hydrogen-bond acceptors (Lipinski definition) is 4. The number of piperazine rings is 1. The molecule has 0 radical (unpaired) electrons. The number of methoxy groups -OCH3 is 1. The van der Waals surface area contributed by atoms with E-state index >= 15 is 0 Å². The van der Waals surface area contributed by atoms with Gasteiger partial charge in [-0.3, -0.25) is 4.79 Å². The molecule has 2 aliphatic rings. The zero-order valence-corrected chi connectivity index (χ0v) is 15.2. The molecular formula is C18H24ClN3O3. The van der Waals surface area contributed by atoms with Crippen LogP contribution in [-0.2, 0) is 9.53 Å². The van der Waals surface area contributed by atoms with Crippen LogP contribution in [-0.4, -0.2) is 68.2 Å². The molecule has 2 amide bonds. The summed E-state index contributed by atoms with van der Waals surface area (Å²) in [7, 11) is 1.39. The number of piperidine rings is 1. The van der Waals surface area contributed by atoms with Gasteiger partial charge in [0.25, 0.3) is 0 Å². The van der Waals surface area contributed by atoms with E-state index < -0.39 is 0 Å². The van der Waals surface area contributed by atoms with Gasteiger partial charge >= 0.3 is 6.09 Å². The summed E-state index contributed by atoms with van der Waals surface area (Å²) in [5.41, 5.74) is 1.10. The minimum Gasteiger partial charge on any atom is -0.453 e. The van der Waals surface area contributed by atoms with Crippen molar-refractivity contribution in [3.05, 3.63) is 29.3 Å². The summed E-state index contributed by atoms with van der Waals surface area (Å²) in [4.78, 5) is 30.2. The fourth-order valence-corrected chi connectivity index (χ4v) is 3.74. The van der Waals surface area contributed by atoms with Crippen molar-refractivity contribution in [3.63, 3.8) is 0 Å². The quantitative estimate of drug-likeness (QED) is 0.808. The number of carbonyl (C=O) groups excluding carboxylic acids is 2. The van der Waals surface area contributed by atoms with Crippen molar-refractivity contribution in [3.8, 4) is 0 Å². The number of benzene rings is 1. The second-order valence-corrected chi connectivity index (χ2v) is 6.96. The van der Waals surface area contributed by atoms with E-state index in [1.54, 1.807) is 4.90 Å². The smallest absolute Gasteiger partial charge is 0.409 e. The summed E-state index contributed by atoms with van der Waals surface area (Å²) in [5.74, 6) is 0.230. The van der Waals surface area contributed by atoms with Gasteiger partial charge in [-0.25, -0.2) is 4.79 Å². The van der Waals surface area contributed by atoms with Gasteiger partial charge in [0.1, 0.15) is 0 Å². The Labute approximate surface area is 153 Å². The highest BCUT2D eigenvalue weighted by molar-refractivity contribution is 6.30. The number of amides is 2. The van der Waals surface area contributed by atoms with Crippen LogP contribution < -0.4 is 4.90 Å². The third kappa shape index (κ3) is 4.18. The molecule has 0 spiro atoms. The summed E-state index contributed by atoms with van der Waals surface area (Å²) in [5, 5.41) is 0.730. The fourth-order valence-electron chi connectivity index (χ4n) is 3.55. The van der Waals surface area contributed by atoms with Crippen LogP contribution in [0, 0.1) is 5.92 Å². The number of rotatable bonds is 2. The van der Waals surface area contributed by atoms with Gasteiger partial charge < -0.3 is 19.4 Å². The maximum Gasteiger partial charge on any atom is 0.409 e. The standard InChI is InChI=1S/C18H24ClN3O3/c1-25-18(24)22-7-5-14(6-8-22)17(23)21-11-9-20(10-12-21)16-4-2-3-15(19)13-16/h2-4,13-14H,5-12H2,1H3. The van der Waals surface area contributed by atoms with Crippen molar-refractivity contribution in [1.29, 1.82) is 0 Å². The molecule has 2 heterocycles. The molecule has 136 valence electrons. The van der Waals surface area contributed by atoms with E-state index in [0.717, 1.165) is 36.9 Å². The second kappa shape index (κ2) is 7.95. The second-order valence-electron chi connectivity index (χ2n) is 6.52. The van der Waals surface area contributed by atoms with E-state index in [4.69, 9.17) is 16.3 Å². The highest BCUT2D eigenvalue weighted by Crippen LogP contribution is 2.23. The first-order chi connectivity index (χ1) is 12.1. The van der Waals surface area contributed by atoms with Gasteiger partial charge in [0.15, 0.2) is 0 Å². The Hall–Kier alpha value is -1.95. The lowest BCUT2D eigenvalue weighted by molar-refractivity contribution is -0.137. The molecule has 3 rings (SSSR count). The van der Waals surface area contributed by atoms with Gasteiger partial charge in [-0.1, -0.05) is 17.7 Å². The number of ether oxygens (including phenoxy) is 1. The van der Waals surface area contributed by atoms with Crippen molar-refractivity contribution in [2.24, 2.45) is 5.92 Å². The van der Waals surface area contributed by atoms with Crippen LogP contribution in [0.5, 0.6) is 0 Å². The average Bonchev–Trinajstić information content (AvgIpc) is 2.67. The molecule has 2 aliphatic heterocycles. The van der Waals surface area contributed by atoms with E-state index in [-0.39, 0.29) is 17.9 Å². The summed E-state index contributed by atoms with van der Waals surface area (Å²) in [6.07, 6.45) is 1.12. The molecule has 25 heavy (non-hydrogen) atoms. The molecule has 1 aromatic carbocycles. The molecule has 0 aliphatic carbocycles. The summed E-state index contributed by atoms with van der Waals surface area (Å²) < 4.78 is 4.74. The highest BCUT2D eigenvalue weighted by Gasteiger charge is 2.31. The van der Waals surface area contributed by atoms with Crippen LogP contribution in [0.3, 0.4) is 0 Å². The predicted octanol–water partition coefficient (Wildman–Crippen LogP) is 2.47. The Morgan fingerprint density at radius 3 is 2.32 bits per heavy atom. The molecule has 7 heteroatoms. The average molecular weight is 366 g/mol. The SMILES string of the molecule is COC(=O)N1CCC(C(=O)N2CCN(c3cccc(Cl)c3)CC2)CC1. The van der Waals surface area contributed by atoms with E-state index in [2.05, 4.69) is 4.90 Å². The highest BCUT2D eigenvalue weighted by atomic mass is 35.5. The van der Waals surface area contributed by atoms with Gasteiger partial charge in [-0.2, -0.15) is 0 Å². The zero-order valence-electron chi connectivity index (χ0n) is 14.5. The van der Waals surface area contributed by atoms with Crippen molar-refractivity contribution in [2.75, 3.05) is 51.3 Å². The molecule has 0 saturated carbocycles. The molecule has 2 saturated heterocycles. The zero-order chi connectivity index (χ0) is 17.8. The molecule has 0 N–H and O–H groups in total. The molecule has 2 fully saturated rings. The van der Waals surface area contributed by atoms with Crippen molar-refractivity contribution < 1.29 is 14.3 Å². The van der Waals surface area contributed by atoms with Crippen LogP contribution in [0.2, 0.25) is 5.02 Å². The number of anilines is 1. The lowest BCUT2D eigenvalue weighted by atomic mass is 9.95. The number of halogens is 1. The van der Waals surface area contributed by atoms with Gasteiger partial charge in [-0.05, 0) is 31.0 Å². The van der Waals surface area contributed by atoms with Crippen molar-refractivity contribution in [2.45, 2.75) is 12.8 Å². The number of likely N-dealkylation sites (tertiary alicyclic amines) is 1. The first kappa shape index (κ1) is 17.9. The number of hydrogen-bond donors (Lipinski definition) is 0. The van der Waals surface area contributed by atoms with E-state index in [0.29, 0.717) is 25.9 Å². The first-order valence-corrected chi connectivity index (χ1v) is 9.08. The molecule has 0 unspecified atom stereocenters. The Bertz CT molecular complexity index is 624. The van der Waals surface area contributed by atoms with Crippen LogP contribution in [0.25, 0.3) is 0 Å². The first-order valence-electron chi connectivity index (χ1n) is 8.70. The van der Waals surface area contributed by atoms with Gasteiger partial charge in [0.05, 0.1) is 7.11 Å². The van der Waals surface area contributed by atoms with Gasteiger partial charge in [0.2, 0.25) is 5.91 Å². The number of carbonyl (C=O) groups is 2. The molecule has 6 nitrogen and oxygen atoms in total. The van der Waals surface area contributed by atoms with Crippen LogP contribution in [0.15, 0.2) is 24.3 Å².